The maximum Gasteiger partial charge on any atom is 0.312 e. The molecular formula is C81H88Cl2F5N23O16S4. The zero-order valence-corrected chi connectivity index (χ0v) is 77.3. The predicted octanol–water partition coefficient (Wildman–Crippen LogP) is 11.2. The van der Waals surface area contributed by atoms with Gasteiger partial charge in [0.25, 0.3) is 6.43 Å². The van der Waals surface area contributed by atoms with Crippen LogP contribution in [0.2, 0.25) is 10.3 Å². The first-order valence-electron chi connectivity index (χ1n) is 39.5. The maximum atomic E-state index is 13.9. The lowest BCUT2D eigenvalue weighted by atomic mass is 10.1. The molecule has 0 saturated heterocycles. The number of alkyl halides is 2. The standard InChI is InChI=1S/C21H23ClN6O4S.C20H22ClFN6O4S.C20H22F2N6O4S.C20H21F2N5O4S/c1-12(14-5-4-10-23-21(14)22)32-18(29)11-17-20(25-27-28(17)2)15-8-9-16(26-33(3,30)31)19(24-15)13-6-7-13;1-5-14-15(26-33(4,30)31)6-7-16(24-14)19-17(28(3)27-25-19)9-18(29)32-11(2)13-8-12(22)10-23-20(13)21;1-5-14-15(26-33(4,30)31)6-7-16(24-14)19-17(28(3)27-25-19)9-18(29)32-11(2)13-8-12(21)10-23-20(13)22;1-12(13-7-5-4-6-8-13)31-17(28)11-16-18(24-26-27(16)2)14-9-10-15(25-32(3,29)30)19(23-14)20(21)22/h4-5,8-10,12-13,26H,6-7,11H2,1-3H3;2*6-8,10-11,26H,5,9H2,1-4H3;4-10,12,20,25H,11H2,1-3H3/t12-;2*11-;12-/m1111/s1. The zero-order chi connectivity index (χ0) is 95.9. The molecule has 131 heavy (non-hydrogen) atoms. The molecule has 696 valence electrons. The van der Waals surface area contributed by atoms with Gasteiger partial charge in [0.2, 0.25) is 46.0 Å². The van der Waals surface area contributed by atoms with E-state index in [4.69, 9.17) is 42.1 Å². The van der Waals surface area contributed by atoms with E-state index in [0.29, 0.717) is 109 Å². The van der Waals surface area contributed by atoms with Crippen molar-refractivity contribution in [3.63, 3.8) is 0 Å². The van der Waals surface area contributed by atoms with Crippen molar-refractivity contribution in [3.8, 4) is 45.6 Å². The Kier molecular flexibility index (Phi) is 32.9. The number of halogens is 7. The summed E-state index contributed by atoms with van der Waals surface area (Å²) in [5.41, 5.74) is 7.43. The minimum Gasteiger partial charge on any atom is -0.457 e. The van der Waals surface area contributed by atoms with Crippen molar-refractivity contribution >= 4 is 110 Å². The number of sulfonamides is 4. The first-order valence-corrected chi connectivity index (χ1v) is 47.8. The quantitative estimate of drug-likeness (QED) is 0.0132. The van der Waals surface area contributed by atoms with Crippen LogP contribution in [-0.2, 0) is 145 Å². The number of nitrogens with zero attached hydrogens (tertiary/aromatic N) is 19. The van der Waals surface area contributed by atoms with Gasteiger partial charge < -0.3 is 18.9 Å². The fraction of sp³-hybridized carbons (Fsp3) is 0.346. The number of carbonyl (C=O) groups is 4. The third kappa shape index (κ3) is 28.0. The lowest BCUT2D eigenvalue weighted by molar-refractivity contribution is -0.149. The van der Waals surface area contributed by atoms with E-state index >= 15 is 0 Å². The summed E-state index contributed by atoms with van der Waals surface area (Å²) in [6.45, 7) is 10.1. The molecule has 0 aliphatic heterocycles. The van der Waals surface area contributed by atoms with Crippen molar-refractivity contribution in [3.05, 3.63) is 217 Å². The third-order valence-corrected chi connectivity index (χ3v) is 22.1. The van der Waals surface area contributed by atoms with E-state index in [9.17, 15) is 74.8 Å². The molecule has 11 heterocycles. The molecule has 0 spiro atoms. The minimum atomic E-state index is -3.78. The van der Waals surface area contributed by atoms with Crippen molar-refractivity contribution < 1.29 is 93.7 Å². The van der Waals surface area contributed by atoms with Crippen LogP contribution in [0, 0.1) is 17.6 Å². The SMILES string of the molecule is CCc1nc(-c2nnn(C)c2CC(=O)O[C@H](C)c2cc(F)cnc2Cl)ccc1NS(C)(=O)=O.CCc1nc(-c2nnn(C)c2CC(=O)O[C@H](C)c2cc(F)cnc2F)ccc1NS(C)(=O)=O.C[C@@H](OC(=O)Cc1c(-c2ccc(NS(C)(=O)=O)c(C(F)F)n2)nnn1C)c1ccccc1.C[C@@H](OC(=O)Cc1c(-c2ccc(NS(C)(=O)=O)c(C3CC3)n2)nnn1C)c1cccnc1Cl. The lowest BCUT2D eigenvalue weighted by Crippen LogP contribution is -2.15. The van der Waals surface area contributed by atoms with Gasteiger partial charge in [0.15, 0.2) is 0 Å². The fourth-order valence-electron chi connectivity index (χ4n) is 12.7. The predicted molar refractivity (Wildman–Crippen MR) is 468 cm³/mol. The summed E-state index contributed by atoms with van der Waals surface area (Å²) in [5, 5.41) is 32.4. The molecule has 50 heteroatoms. The lowest BCUT2D eigenvalue weighted by Gasteiger charge is -2.15. The molecule has 1 fully saturated rings. The Morgan fingerprint density at radius 1 is 0.435 bits per heavy atom. The smallest absolute Gasteiger partial charge is 0.312 e. The van der Waals surface area contributed by atoms with Crippen LogP contribution < -0.4 is 18.9 Å². The first kappa shape index (κ1) is 100. The number of pyridine rings is 7. The number of esters is 4. The van der Waals surface area contributed by atoms with Gasteiger partial charge in [-0.2, -0.15) is 4.39 Å². The van der Waals surface area contributed by atoms with Gasteiger partial charge in [-0.25, -0.2) is 86.1 Å². The number of carbonyl (C=O) groups excluding carboxylic acids is 4. The highest BCUT2D eigenvalue weighted by Crippen LogP contribution is 2.44. The van der Waals surface area contributed by atoms with E-state index in [1.807, 2.05) is 48.9 Å². The average molecular weight is 1930 g/mol. The Labute approximate surface area is 758 Å². The van der Waals surface area contributed by atoms with Gasteiger partial charge in [0.05, 0.1) is 154 Å². The highest BCUT2D eigenvalue weighted by molar-refractivity contribution is 7.92. The molecule has 1 aromatic carbocycles. The van der Waals surface area contributed by atoms with Crippen LogP contribution in [0.25, 0.3) is 45.6 Å². The van der Waals surface area contributed by atoms with Gasteiger partial charge in [-0.15, -0.1) is 20.4 Å². The monoisotopic (exact) mass is 1930 g/mol. The largest absolute Gasteiger partial charge is 0.457 e. The Bertz CT molecular complexity index is 6500. The number of rotatable bonds is 32. The summed E-state index contributed by atoms with van der Waals surface area (Å²) in [5.74, 6) is -4.46. The molecule has 12 aromatic rings. The molecule has 1 saturated carbocycles. The number of ether oxygens (including phenoxy) is 4. The number of hydrogen-bond donors (Lipinski definition) is 4. The Morgan fingerprint density at radius 3 is 1.19 bits per heavy atom. The molecule has 0 radical (unpaired) electrons. The zero-order valence-electron chi connectivity index (χ0n) is 72.5. The minimum absolute atomic E-state index is 0.0198. The summed E-state index contributed by atoms with van der Waals surface area (Å²) in [6, 6.07) is 26.8. The number of aromatic nitrogens is 19. The molecule has 0 bridgehead atoms. The molecule has 13 rings (SSSR count). The first-order chi connectivity index (χ1) is 61.6. The number of hydrogen-bond acceptors (Lipinski definition) is 31. The van der Waals surface area contributed by atoms with Crippen LogP contribution >= 0.6 is 23.2 Å². The van der Waals surface area contributed by atoms with Gasteiger partial charge in [0.1, 0.15) is 74.8 Å². The van der Waals surface area contributed by atoms with Crippen molar-refractivity contribution in [2.45, 2.75) is 130 Å². The number of benzene rings is 1. The summed E-state index contributed by atoms with van der Waals surface area (Å²) >= 11 is 12.1. The second kappa shape index (κ2) is 43.1. The number of anilines is 4. The third-order valence-electron chi connectivity index (χ3n) is 19.1. The molecule has 11 aromatic heterocycles. The molecule has 4 atom stereocenters. The average Bonchev–Trinajstić information content (AvgIpc) is 1.02. The van der Waals surface area contributed by atoms with Crippen LogP contribution in [0.15, 0.2) is 122 Å². The topological polar surface area (TPSA) is 503 Å². The summed E-state index contributed by atoms with van der Waals surface area (Å²) in [7, 11) is -7.74. The van der Waals surface area contributed by atoms with Crippen LogP contribution in [0.3, 0.4) is 0 Å². The van der Waals surface area contributed by atoms with Gasteiger partial charge in [-0.1, -0.05) is 94.3 Å². The fourth-order valence-corrected chi connectivity index (χ4v) is 15.6. The summed E-state index contributed by atoms with van der Waals surface area (Å²) in [6.07, 6.45) is 3.32. The van der Waals surface area contributed by atoms with Crippen molar-refractivity contribution in [2.24, 2.45) is 28.2 Å². The van der Waals surface area contributed by atoms with E-state index in [2.05, 4.69) is 90.3 Å². The van der Waals surface area contributed by atoms with Gasteiger partial charge in [-0.05, 0) is 126 Å². The van der Waals surface area contributed by atoms with E-state index in [0.717, 1.165) is 68.0 Å². The van der Waals surface area contributed by atoms with E-state index in [1.165, 1.54) is 37.8 Å². The van der Waals surface area contributed by atoms with E-state index < -0.39 is 118 Å². The Morgan fingerprint density at radius 2 is 0.786 bits per heavy atom. The molecular weight excluding hydrogens is 1850 g/mol. The van der Waals surface area contributed by atoms with Crippen LogP contribution in [0.1, 0.15) is 159 Å². The van der Waals surface area contributed by atoms with Crippen LogP contribution in [0.5, 0.6) is 0 Å². The molecule has 4 N–H and O–H groups in total. The van der Waals surface area contributed by atoms with Gasteiger partial charge in [-0.3, -0.25) is 56.8 Å². The summed E-state index contributed by atoms with van der Waals surface area (Å²) in [4.78, 5) is 78.9. The Balaban J connectivity index is 0.000000181. The molecule has 1 aliphatic carbocycles. The van der Waals surface area contributed by atoms with Gasteiger partial charge >= 0.3 is 23.9 Å². The molecule has 0 unspecified atom stereocenters. The number of aryl methyl sites for hydroxylation is 6. The van der Waals surface area contributed by atoms with Crippen molar-refractivity contribution in [1.82, 2.24) is 94.9 Å². The number of nitrogens with one attached hydrogen (secondary N) is 4. The normalized spacial score (nSPS) is 13.0. The summed E-state index contributed by atoms with van der Waals surface area (Å²) < 4.78 is 197. The molecule has 1 aliphatic rings. The van der Waals surface area contributed by atoms with E-state index in [-0.39, 0.29) is 70.1 Å². The molecule has 39 nitrogen and oxygen atoms in total. The second-order valence-corrected chi connectivity index (χ2v) is 37.3. The van der Waals surface area contributed by atoms with Crippen molar-refractivity contribution in [1.29, 1.82) is 0 Å². The highest BCUT2D eigenvalue weighted by Gasteiger charge is 2.33. The second-order valence-electron chi connectivity index (χ2n) is 29.5. The Hall–Kier alpha value is -13.1. The molecule has 0 amide bonds. The maximum absolute atomic E-state index is 13.9. The van der Waals surface area contributed by atoms with Gasteiger partial charge in [0, 0.05) is 51.4 Å². The van der Waals surface area contributed by atoms with Crippen LogP contribution in [0.4, 0.5) is 44.7 Å². The van der Waals surface area contributed by atoms with E-state index in [1.54, 1.807) is 104 Å². The van der Waals surface area contributed by atoms with Crippen molar-refractivity contribution in [2.75, 3.05) is 43.9 Å². The van der Waals surface area contributed by atoms with Crippen LogP contribution in [-0.4, -0.2) is 177 Å². The highest BCUT2D eigenvalue weighted by atomic mass is 35.5.